The van der Waals surface area contributed by atoms with Gasteiger partial charge in [-0.15, -0.1) is 0 Å². The number of aliphatic hydroxyl groups excluding tert-OH is 1. The number of nitrogens with two attached hydrogens (primary N) is 1. The monoisotopic (exact) mass is 337 g/mol. The van der Waals surface area contributed by atoms with Crippen molar-refractivity contribution in [3.05, 3.63) is 75.7 Å². The molecule has 3 N–H and O–H groups in total. The zero-order chi connectivity index (χ0) is 17.8. The summed E-state index contributed by atoms with van der Waals surface area (Å²) < 4.78 is 1.37. The van der Waals surface area contributed by atoms with Gasteiger partial charge in [-0.2, -0.15) is 5.10 Å². The first-order valence-electron chi connectivity index (χ1n) is 8.51. The number of rotatable bonds is 6. The lowest BCUT2D eigenvalue weighted by molar-refractivity contribution is 0.138. The van der Waals surface area contributed by atoms with Crippen LogP contribution in [0.4, 0.5) is 0 Å². The summed E-state index contributed by atoms with van der Waals surface area (Å²) in [7, 11) is 0. The van der Waals surface area contributed by atoms with Crippen LogP contribution in [0.15, 0.2) is 53.3 Å². The highest BCUT2D eigenvalue weighted by molar-refractivity contribution is 5.83. The number of nitrogens with zero attached hydrogens (tertiary/aromatic N) is 2. The van der Waals surface area contributed by atoms with Gasteiger partial charge in [0.15, 0.2) is 0 Å². The van der Waals surface area contributed by atoms with Gasteiger partial charge in [0, 0.05) is 11.9 Å². The number of benzene rings is 2. The maximum Gasteiger partial charge on any atom is 0.274 e. The highest BCUT2D eigenvalue weighted by Crippen LogP contribution is 2.14. The molecule has 1 unspecified atom stereocenters. The Morgan fingerprint density at radius 1 is 1.08 bits per heavy atom. The molecular weight excluding hydrogens is 314 g/mol. The van der Waals surface area contributed by atoms with Crippen molar-refractivity contribution in [2.45, 2.75) is 39.0 Å². The molecule has 0 radical (unpaired) electrons. The molecule has 2 aromatic carbocycles. The summed E-state index contributed by atoms with van der Waals surface area (Å²) in [4.78, 5) is 12.6. The molecule has 0 amide bonds. The zero-order valence-corrected chi connectivity index (χ0v) is 14.4. The first-order chi connectivity index (χ1) is 12.1. The normalized spacial score (nSPS) is 12.4. The van der Waals surface area contributed by atoms with Gasteiger partial charge in [0.1, 0.15) is 0 Å². The van der Waals surface area contributed by atoms with Gasteiger partial charge in [-0.1, -0.05) is 42.5 Å². The molecule has 0 spiro atoms. The lowest BCUT2D eigenvalue weighted by atomic mass is 10.0. The lowest BCUT2D eigenvalue weighted by Gasteiger charge is -2.14. The average molecular weight is 337 g/mol. The van der Waals surface area contributed by atoms with Crippen LogP contribution in [-0.4, -0.2) is 21.0 Å². The van der Waals surface area contributed by atoms with Gasteiger partial charge in [0.05, 0.1) is 23.7 Å². The van der Waals surface area contributed by atoms with Crippen molar-refractivity contribution >= 4 is 10.8 Å². The van der Waals surface area contributed by atoms with Crippen LogP contribution >= 0.6 is 0 Å². The molecule has 0 aliphatic carbocycles. The number of aryl methyl sites for hydroxylation is 2. The van der Waals surface area contributed by atoms with E-state index in [1.165, 1.54) is 4.68 Å². The Bertz CT molecular complexity index is 934. The van der Waals surface area contributed by atoms with Crippen molar-refractivity contribution in [2.75, 3.05) is 0 Å². The van der Waals surface area contributed by atoms with E-state index in [0.29, 0.717) is 18.4 Å². The predicted octanol–water partition coefficient (Wildman–Crippen LogP) is 2.16. The van der Waals surface area contributed by atoms with E-state index in [-0.39, 0.29) is 12.1 Å². The largest absolute Gasteiger partial charge is 0.391 e. The molecule has 25 heavy (non-hydrogen) atoms. The molecule has 0 saturated heterocycles. The minimum atomic E-state index is -0.642. The first kappa shape index (κ1) is 17.3. The van der Waals surface area contributed by atoms with E-state index in [0.717, 1.165) is 28.6 Å². The van der Waals surface area contributed by atoms with Crippen LogP contribution in [0.5, 0.6) is 0 Å². The number of aliphatic hydroxyl groups is 1. The first-order valence-corrected chi connectivity index (χ1v) is 8.51. The van der Waals surface area contributed by atoms with Gasteiger partial charge in [0.2, 0.25) is 0 Å². The molecule has 1 atom stereocenters. The predicted molar refractivity (Wildman–Crippen MR) is 99.4 cm³/mol. The van der Waals surface area contributed by atoms with Crippen LogP contribution in [0.3, 0.4) is 0 Å². The molecule has 3 rings (SSSR count). The molecule has 1 aromatic heterocycles. The second kappa shape index (κ2) is 7.59. The van der Waals surface area contributed by atoms with Gasteiger partial charge in [-0.05, 0) is 37.0 Å². The van der Waals surface area contributed by atoms with Crippen molar-refractivity contribution < 1.29 is 5.11 Å². The van der Waals surface area contributed by atoms with E-state index < -0.39 is 6.10 Å². The summed E-state index contributed by atoms with van der Waals surface area (Å²) >= 11 is 0. The summed E-state index contributed by atoms with van der Waals surface area (Å²) in [5.41, 5.74) is 8.60. The third kappa shape index (κ3) is 3.78. The third-order valence-corrected chi connectivity index (χ3v) is 4.52. The summed E-state index contributed by atoms with van der Waals surface area (Å²) in [6.45, 7) is 2.55. The van der Waals surface area contributed by atoms with Crippen LogP contribution in [-0.2, 0) is 19.5 Å². The lowest BCUT2D eigenvalue weighted by Crippen LogP contribution is -2.30. The Labute approximate surface area is 146 Å². The third-order valence-electron chi connectivity index (χ3n) is 4.52. The van der Waals surface area contributed by atoms with Crippen LogP contribution in [0.25, 0.3) is 10.8 Å². The molecular formula is C20H23N3O2. The van der Waals surface area contributed by atoms with Gasteiger partial charge in [-0.25, -0.2) is 4.68 Å². The average Bonchev–Trinajstić information content (AvgIpc) is 2.64. The SMILES string of the molecule is Cc1nn(CC(O)CCc2ccccc2CN)c(=O)c2ccccc12. The molecule has 5 heteroatoms. The Hall–Kier alpha value is -2.50. The Morgan fingerprint density at radius 2 is 1.72 bits per heavy atom. The molecule has 0 fully saturated rings. The molecule has 5 nitrogen and oxygen atoms in total. The van der Waals surface area contributed by atoms with Crippen LogP contribution in [0.1, 0.15) is 23.2 Å². The highest BCUT2D eigenvalue weighted by atomic mass is 16.3. The molecule has 0 bridgehead atoms. The van der Waals surface area contributed by atoms with E-state index in [1.807, 2.05) is 49.4 Å². The van der Waals surface area contributed by atoms with Gasteiger partial charge in [-0.3, -0.25) is 4.79 Å². The topological polar surface area (TPSA) is 81.1 Å². The van der Waals surface area contributed by atoms with E-state index >= 15 is 0 Å². The van der Waals surface area contributed by atoms with Crippen molar-refractivity contribution in [1.29, 1.82) is 0 Å². The Morgan fingerprint density at radius 3 is 2.44 bits per heavy atom. The second-order valence-corrected chi connectivity index (χ2v) is 6.28. The summed E-state index contributed by atoms with van der Waals surface area (Å²) in [6.07, 6.45) is 0.629. The van der Waals surface area contributed by atoms with E-state index in [4.69, 9.17) is 5.73 Å². The summed E-state index contributed by atoms with van der Waals surface area (Å²) in [5.74, 6) is 0. The fraction of sp³-hybridized carbons (Fsp3) is 0.300. The van der Waals surface area contributed by atoms with Gasteiger partial charge in [0.25, 0.3) is 5.56 Å². The van der Waals surface area contributed by atoms with Crippen molar-refractivity contribution in [3.63, 3.8) is 0 Å². The molecule has 0 saturated carbocycles. The van der Waals surface area contributed by atoms with Gasteiger partial charge >= 0.3 is 0 Å². The second-order valence-electron chi connectivity index (χ2n) is 6.28. The maximum absolute atomic E-state index is 12.6. The fourth-order valence-electron chi connectivity index (χ4n) is 3.14. The standard InChI is InChI=1S/C20H23N3O2/c1-14-18-8-4-5-9-19(18)20(25)23(22-14)13-17(24)11-10-15-6-2-3-7-16(15)12-21/h2-9,17,24H,10-13,21H2,1H3. The summed E-state index contributed by atoms with van der Waals surface area (Å²) in [6, 6.07) is 15.4. The van der Waals surface area contributed by atoms with E-state index in [1.54, 1.807) is 6.07 Å². The Balaban J connectivity index is 1.75. The van der Waals surface area contributed by atoms with Crippen LogP contribution in [0.2, 0.25) is 0 Å². The van der Waals surface area contributed by atoms with E-state index in [9.17, 15) is 9.90 Å². The number of hydrogen-bond acceptors (Lipinski definition) is 4. The molecule has 130 valence electrons. The molecule has 3 aromatic rings. The van der Waals surface area contributed by atoms with Crippen LogP contribution < -0.4 is 11.3 Å². The van der Waals surface area contributed by atoms with Crippen molar-refractivity contribution in [2.24, 2.45) is 5.73 Å². The molecule has 0 aliphatic heterocycles. The minimum absolute atomic E-state index is 0.164. The zero-order valence-electron chi connectivity index (χ0n) is 14.4. The van der Waals surface area contributed by atoms with Crippen LogP contribution in [0, 0.1) is 6.92 Å². The smallest absolute Gasteiger partial charge is 0.274 e. The highest BCUT2D eigenvalue weighted by Gasteiger charge is 2.12. The number of fused-ring (bicyclic) bond motifs is 1. The maximum atomic E-state index is 12.6. The fourth-order valence-corrected chi connectivity index (χ4v) is 3.14. The minimum Gasteiger partial charge on any atom is -0.391 e. The molecule has 1 heterocycles. The Kier molecular flexibility index (Phi) is 5.26. The molecule has 0 aliphatic rings. The number of hydrogen-bond donors (Lipinski definition) is 2. The van der Waals surface area contributed by atoms with E-state index in [2.05, 4.69) is 5.10 Å². The van der Waals surface area contributed by atoms with Crippen molar-refractivity contribution in [1.82, 2.24) is 9.78 Å². The van der Waals surface area contributed by atoms with Crippen molar-refractivity contribution in [3.8, 4) is 0 Å². The quantitative estimate of drug-likeness (QED) is 0.722. The van der Waals surface area contributed by atoms with Gasteiger partial charge < -0.3 is 10.8 Å². The number of aromatic nitrogens is 2. The summed E-state index contributed by atoms with van der Waals surface area (Å²) in [5, 5.41) is 16.2.